The summed E-state index contributed by atoms with van der Waals surface area (Å²) in [5.74, 6) is 1.19. The molecule has 3 aromatic heterocycles. The Kier molecular flexibility index (Phi) is 2.76. The summed E-state index contributed by atoms with van der Waals surface area (Å²) in [7, 11) is 0. The van der Waals surface area contributed by atoms with E-state index in [4.69, 9.17) is 5.73 Å². The van der Waals surface area contributed by atoms with Crippen molar-refractivity contribution in [2.75, 3.05) is 0 Å². The second-order valence-corrected chi connectivity index (χ2v) is 5.28. The molecule has 0 aliphatic carbocycles. The van der Waals surface area contributed by atoms with E-state index in [2.05, 4.69) is 20.4 Å². The SMILES string of the molecule is NCc1c(-n2nnc(-c3ccccc3)n2)nc2sccn12. The van der Waals surface area contributed by atoms with Gasteiger partial charge in [0.25, 0.3) is 0 Å². The average Bonchev–Trinajstić information content (AvgIpc) is 3.22. The normalized spacial score (nSPS) is 11.3. The van der Waals surface area contributed by atoms with E-state index in [9.17, 15) is 0 Å². The fraction of sp³-hybridized carbons (Fsp3) is 0.0769. The predicted molar refractivity (Wildman–Crippen MR) is 79.1 cm³/mol. The minimum absolute atomic E-state index is 0.357. The molecule has 104 valence electrons. The number of aromatic nitrogens is 6. The molecule has 0 bridgehead atoms. The van der Waals surface area contributed by atoms with Crippen molar-refractivity contribution in [3.63, 3.8) is 0 Å². The van der Waals surface area contributed by atoms with E-state index in [1.807, 2.05) is 46.3 Å². The maximum absolute atomic E-state index is 5.83. The van der Waals surface area contributed by atoms with Gasteiger partial charge in [-0.3, -0.25) is 4.40 Å². The molecule has 4 aromatic rings. The van der Waals surface area contributed by atoms with E-state index in [1.165, 1.54) is 4.80 Å². The van der Waals surface area contributed by atoms with Gasteiger partial charge in [0.2, 0.25) is 5.82 Å². The first-order chi connectivity index (χ1) is 10.4. The lowest BCUT2D eigenvalue weighted by Crippen LogP contribution is -2.08. The van der Waals surface area contributed by atoms with Crippen LogP contribution in [0.25, 0.3) is 22.2 Å². The van der Waals surface area contributed by atoms with Gasteiger partial charge in [0.1, 0.15) is 0 Å². The van der Waals surface area contributed by atoms with E-state index in [1.54, 1.807) is 11.3 Å². The third-order valence-corrected chi connectivity index (χ3v) is 3.92. The summed E-state index contributed by atoms with van der Waals surface area (Å²) in [6.07, 6.45) is 1.94. The molecule has 0 unspecified atom stereocenters. The number of fused-ring (bicyclic) bond motifs is 1. The van der Waals surface area contributed by atoms with Crippen LogP contribution >= 0.6 is 11.3 Å². The highest BCUT2D eigenvalue weighted by Crippen LogP contribution is 2.20. The number of nitrogens with two attached hydrogens (primary N) is 1. The molecular formula is C13H11N7S. The molecule has 0 radical (unpaired) electrons. The minimum Gasteiger partial charge on any atom is -0.325 e. The summed E-state index contributed by atoms with van der Waals surface area (Å²) in [6.45, 7) is 0.357. The van der Waals surface area contributed by atoms with E-state index in [-0.39, 0.29) is 0 Å². The Bertz CT molecular complexity index is 890. The number of hydrogen-bond donors (Lipinski definition) is 1. The molecule has 0 aliphatic heterocycles. The molecule has 21 heavy (non-hydrogen) atoms. The molecule has 8 heteroatoms. The van der Waals surface area contributed by atoms with Gasteiger partial charge in [-0.1, -0.05) is 30.3 Å². The lowest BCUT2D eigenvalue weighted by atomic mass is 10.2. The zero-order chi connectivity index (χ0) is 14.2. The van der Waals surface area contributed by atoms with Crippen LogP contribution in [-0.2, 0) is 6.54 Å². The Labute approximate surface area is 123 Å². The molecule has 2 N–H and O–H groups in total. The zero-order valence-electron chi connectivity index (χ0n) is 10.9. The number of hydrogen-bond acceptors (Lipinski definition) is 6. The van der Waals surface area contributed by atoms with Gasteiger partial charge in [0, 0.05) is 23.7 Å². The van der Waals surface area contributed by atoms with E-state index in [0.29, 0.717) is 18.2 Å². The highest BCUT2D eigenvalue weighted by molar-refractivity contribution is 7.15. The Hall–Kier alpha value is -2.58. The number of imidazole rings is 1. The minimum atomic E-state index is 0.357. The molecule has 4 rings (SSSR count). The van der Waals surface area contributed by atoms with Crippen molar-refractivity contribution in [2.45, 2.75) is 6.54 Å². The van der Waals surface area contributed by atoms with Crippen molar-refractivity contribution >= 4 is 16.3 Å². The standard InChI is InChI=1S/C13H11N7S/c14-8-10-12(15-13-19(10)6-7-21-13)20-17-11(16-18-20)9-4-2-1-3-5-9/h1-7H,8,14H2. The molecule has 0 atom stereocenters. The van der Waals surface area contributed by atoms with Crippen LogP contribution in [0, 0.1) is 0 Å². The fourth-order valence-electron chi connectivity index (χ4n) is 2.18. The monoisotopic (exact) mass is 297 g/mol. The highest BCUT2D eigenvalue weighted by atomic mass is 32.1. The largest absolute Gasteiger partial charge is 0.325 e. The number of benzene rings is 1. The van der Waals surface area contributed by atoms with Crippen molar-refractivity contribution in [3.05, 3.63) is 47.6 Å². The summed E-state index contributed by atoms with van der Waals surface area (Å²) in [4.78, 5) is 6.82. The van der Waals surface area contributed by atoms with Crippen LogP contribution in [-0.4, -0.2) is 29.6 Å². The number of rotatable bonds is 3. The summed E-state index contributed by atoms with van der Waals surface area (Å²) in [5, 5.41) is 14.6. The van der Waals surface area contributed by atoms with Gasteiger partial charge in [-0.2, -0.15) is 4.98 Å². The molecule has 0 fully saturated rings. The van der Waals surface area contributed by atoms with Crippen LogP contribution < -0.4 is 5.73 Å². The van der Waals surface area contributed by atoms with Crippen molar-refractivity contribution < 1.29 is 0 Å². The van der Waals surface area contributed by atoms with Gasteiger partial charge in [-0.25, -0.2) is 0 Å². The first-order valence-corrected chi connectivity index (χ1v) is 7.25. The maximum atomic E-state index is 5.83. The van der Waals surface area contributed by atoms with Crippen LogP contribution in [0.4, 0.5) is 0 Å². The zero-order valence-corrected chi connectivity index (χ0v) is 11.7. The number of nitrogens with zero attached hydrogens (tertiary/aromatic N) is 6. The summed E-state index contributed by atoms with van der Waals surface area (Å²) >= 11 is 1.54. The maximum Gasteiger partial charge on any atom is 0.205 e. The Morgan fingerprint density at radius 2 is 2.05 bits per heavy atom. The van der Waals surface area contributed by atoms with Crippen LogP contribution in [0.1, 0.15) is 5.69 Å². The Morgan fingerprint density at radius 1 is 1.19 bits per heavy atom. The van der Waals surface area contributed by atoms with Gasteiger partial charge in [0.05, 0.1) is 5.69 Å². The van der Waals surface area contributed by atoms with E-state index in [0.717, 1.165) is 16.2 Å². The number of tetrazole rings is 1. The smallest absolute Gasteiger partial charge is 0.205 e. The highest BCUT2D eigenvalue weighted by Gasteiger charge is 2.16. The van der Waals surface area contributed by atoms with Gasteiger partial charge in [0.15, 0.2) is 10.8 Å². The van der Waals surface area contributed by atoms with Crippen molar-refractivity contribution in [1.29, 1.82) is 0 Å². The molecule has 3 heterocycles. The van der Waals surface area contributed by atoms with Crippen molar-refractivity contribution in [1.82, 2.24) is 29.6 Å². The van der Waals surface area contributed by atoms with Gasteiger partial charge in [-0.05, 0) is 5.21 Å². The molecule has 1 aromatic carbocycles. The lowest BCUT2D eigenvalue weighted by Gasteiger charge is -1.98. The van der Waals surface area contributed by atoms with E-state index < -0.39 is 0 Å². The van der Waals surface area contributed by atoms with Crippen LogP contribution in [0.15, 0.2) is 41.9 Å². The lowest BCUT2D eigenvalue weighted by molar-refractivity contribution is 0.694. The first kappa shape index (κ1) is 12.2. The molecule has 0 spiro atoms. The molecule has 0 saturated carbocycles. The Morgan fingerprint density at radius 3 is 2.86 bits per heavy atom. The van der Waals surface area contributed by atoms with Gasteiger partial charge < -0.3 is 5.73 Å². The molecule has 0 amide bonds. The van der Waals surface area contributed by atoms with Crippen molar-refractivity contribution in [3.8, 4) is 17.2 Å². The molecular weight excluding hydrogens is 286 g/mol. The predicted octanol–water partition coefficient (Wildman–Crippen LogP) is 1.50. The second-order valence-electron chi connectivity index (χ2n) is 4.41. The molecule has 0 saturated heterocycles. The number of thiazole rings is 1. The Balaban J connectivity index is 1.82. The van der Waals surface area contributed by atoms with Crippen molar-refractivity contribution in [2.24, 2.45) is 5.73 Å². The van der Waals surface area contributed by atoms with Crippen LogP contribution in [0.3, 0.4) is 0 Å². The van der Waals surface area contributed by atoms with Gasteiger partial charge >= 0.3 is 0 Å². The summed E-state index contributed by atoms with van der Waals surface area (Å²) < 4.78 is 1.95. The topological polar surface area (TPSA) is 86.9 Å². The average molecular weight is 297 g/mol. The van der Waals surface area contributed by atoms with Crippen LogP contribution in [0.2, 0.25) is 0 Å². The van der Waals surface area contributed by atoms with Crippen LogP contribution in [0.5, 0.6) is 0 Å². The molecule has 7 nitrogen and oxygen atoms in total. The fourth-order valence-corrected chi connectivity index (χ4v) is 2.91. The first-order valence-electron chi connectivity index (χ1n) is 6.37. The quantitative estimate of drug-likeness (QED) is 0.619. The third-order valence-electron chi connectivity index (χ3n) is 3.17. The van der Waals surface area contributed by atoms with Gasteiger partial charge in [-0.15, -0.1) is 26.3 Å². The second kappa shape index (κ2) is 4.76. The summed E-state index contributed by atoms with van der Waals surface area (Å²) in [5.41, 5.74) is 7.61. The third kappa shape index (κ3) is 1.92. The van der Waals surface area contributed by atoms with E-state index >= 15 is 0 Å². The summed E-state index contributed by atoms with van der Waals surface area (Å²) in [6, 6.07) is 9.71. The molecule has 0 aliphatic rings.